The number of benzene rings is 2. The summed E-state index contributed by atoms with van der Waals surface area (Å²) < 4.78 is 1.06. The van der Waals surface area contributed by atoms with E-state index in [2.05, 4.69) is 11.9 Å². The van der Waals surface area contributed by atoms with E-state index in [1.165, 1.54) is 11.3 Å². The molecule has 1 amide bonds. The maximum absolute atomic E-state index is 13.4. The van der Waals surface area contributed by atoms with Crippen LogP contribution in [0.1, 0.15) is 23.0 Å². The number of para-hydroxylation sites is 1. The Morgan fingerprint density at radius 3 is 2.54 bits per heavy atom. The van der Waals surface area contributed by atoms with Crippen LogP contribution in [0.5, 0.6) is 0 Å². The number of nitrogens with zero attached hydrogens (tertiary/aromatic N) is 3. The number of thioether (sulfide) groups is 1. The number of thiazole rings is 1. The summed E-state index contributed by atoms with van der Waals surface area (Å²) in [4.78, 5) is 25.3. The normalized spacial score (nSPS) is 10.9. The third-order valence-electron chi connectivity index (χ3n) is 4.22. The van der Waals surface area contributed by atoms with Gasteiger partial charge in [0.05, 0.1) is 22.5 Å². The Labute approximate surface area is 172 Å². The molecule has 4 aromatic rings. The van der Waals surface area contributed by atoms with Crippen LogP contribution in [0.25, 0.3) is 10.2 Å². The number of hydrogen-bond donors (Lipinski definition) is 0. The van der Waals surface area contributed by atoms with Crippen molar-refractivity contribution in [3.63, 3.8) is 0 Å². The standard InChI is InChI=1S/C22H19N3OS2/c1-2-27-18-12-10-16(11-13-18)21(26)25(15-17-7-5-6-14-23-17)22-24-19-8-3-4-9-20(19)28-22/h3-14H,2,15H2,1H3. The Morgan fingerprint density at radius 2 is 1.82 bits per heavy atom. The molecule has 2 heterocycles. The van der Waals surface area contributed by atoms with Gasteiger partial charge in [0.15, 0.2) is 5.13 Å². The number of fused-ring (bicyclic) bond motifs is 1. The van der Waals surface area contributed by atoms with Crippen LogP contribution in [0.4, 0.5) is 5.13 Å². The van der Waals surface area contributed by atoms with Crippen molar-refractivity contribution in [2.24, 2.45) is 0 Å². The summed E-state index contributed by atoms with van der Waals surface area (Å²) >= 11 is 3.28. The topological polar surface area (TPSA) is 46.1 Å². The zero-order valence-electron chi connectivity index (χ0n) is 15.4. The lowest BCUT2D eigenvalue weighted by molar-refractivity contribution is 0.0984. The highest BCUT2D eigenvalue weighted by atomic mass is 32.2. The summed E-state index contributed by atoms with van der Waals surface area (Å²) in [6.07, 6.45) is 1.74. The van der Waals surface area contributed by atoms with E-state index in [1.54, 1.807) is 22.9 Å². The first-order valence-corrected chi connectivity index (χ1v) is 10.8. The van der Waals surface area contributed by atoms with Gasteiger partial charge in [-0.3, -0.25) is 14.7 Å². The van der Waals surface area contributed by atoms with Crippen molar-refractivity contribution >= 4 is 44.4 Å². The van der Waals surface area contributed by atoms with Crippen molar-refractivity contribution in [2.75, 3.05) is 10.7 Å². The van der Waals surface area contributed by atoms with E-state index in [0.29, 0.717) is 17.2 Å². The summed E-state index contributed by atoms with van der Waals surface area (Å²) in [5.41, 5.74) is 2.37. The summed E-state index contributed by atoms with van der Waals surface area (Å²) in [6.45, 7) is 2.50. The molecule has 0 atom stereocenters. The number of anilines is 1. The first-order chi connectivity index (χ1) is 13.7. The molecule has 0 fully saturated rings. The zero-order valence-corrected chi connectivity index (χ0v) is 17.0. The molecule has 0 bridgehead atoms. The van der Waals surface area contributed by atoms with E-state index in [4.69, 9.17) is 4.98 Å². The minimum absolute atomic E-state index is 0.0715. The Kier molecular flexibility index (Phi) is 5.69. The first kappa shape index (κ1) is 18.7. The second-order valence-corrected chi connectivity index (χ2v) is 8.48. The number of aromatic nitrogens is 2. The van der Waals surface area contributed by atoms with Crippen molar-refractivity contribution in [3.05, 3.63) is 84.2 Å². The Hall–Kier alpha value is -2.70. The second kappa shape index (κ2) is 8.54. The van der Waals surface area contributed by atoms with Gasteiger partial charge < -0.3 is 0 Å². The predicted molar refractivity (Wildman–Crippen MR) is 117 cm³/mol. The highest BCUT2D eigenvalue weighted by Crippen LogP contribution is 2.30. The fourth-order valence-corrected chi connectivity index (χ4v) is 4.50. The van der Waals surface area contributed by atoms with E-state index in [9.17, 15) is 4.79 Å². The van der Waals surface area contributed by atoms with Gasteiger partial charge in [-0.15, -0.1) is 11.8 Å². The van der Waals surface area contributed by atoms with Crippen LogP contribution in [-0.4, -0.2) is 21.6 Å². The van der Waals surface area contributed by atoms with Crippen LogP contribution in [0, 0.1) is 0 Å². The van der Waals surface area contributed by atoms with Gasteiger partial charge in [-0.1, -0.05) is 36.5 Å². The van der Waals surface area contributed by atoms with E-state index >= 15 is 0 Å². The van der Waals surface area contributed by atoms with Crippen molar-refractivity contribution in [3.8, 4) is 0 Å². The second-order valence-electron chi connectivity index (χ2n) is 6.13. The molecule has 2 aromatic carbocycles. The number of rotatable bonds is 6. The first-order valence-electron chi connectivity index (χ1n) is 9.05. The summed E-state index contributed by atoms with van der Waals surface area (Å²) in [6, 6.07) is 21.4. The highest BCUT2D eigenvalue weighted by molar-refractivity contribution is 7.99. The largest absolute Gasteiger partial charge is 0.278 e. The van der Waals surface area contributed by atoms with Crippen molar-refractivity contribution in [1.82, 2.24) is 9.97 Å². The van der Waals surface area contributed by atoms with Crippen molar-refractivity contribution in [1.29, 1.82) is 0 Å². The van der Waals surface area contributed by atoms with E-state index in [0.717, 1.165) is 26.6 Å². The minimum atomic E-state index is -0.0715. The molecule has 0 aliphatic rings. The van der Waals surface area contributed by atoms with Gasteiger partial charge in [-0.2, -0.15) is 0 Å². The maximum atomic E-state index is 13.4. The lowest BCUT2D eigenvalue weighted by atomic mass is 10.2. The highest BCUT2D eigenvalue weighted by Gasteiger charge is 2.22. The third kappa shape index (κ3) is 4.08. The van der Waals surface area contributed by atoms with E-state index < -0.39 is 0 Å². The molecule has 4 rings (SSSR count). The number of carbonyl (C=O) groups is 1. The van der Waals surface area contributed by atoms with Crippen LogP contribution in [0.3, 0.4) is 0 Å². The van der Waals surface area contributed by atoms with Gasteiger partial charge >= 0.3 is 0 Å². The average Bonchev–Trinajstić information content (AvgIpc) is 3.17. The SMILES string of the molecule is CCSc1ccc(C(=O)N(Cc2ccccn2)c2nc3ccccc3s2)cc1. The molecule has 0 saturated heterocycles. The molecule has 0 saturated carbocycles. The lowest BCUT2D eigenvalue weighted by Crippen LogP contribution is -2.30. The molecule has 0 radical (unpaired) electrons. The van der Waals surface area contributed by atoms with Crippen LogP contribution in [0.2, 0.25) is 0 Å². The van der Waals surface area contributed by atoms with Gasteiger partial charge in [0.1, 0.15) is 0 Å². The van der Waals surface area contributed by atoms with Crippen LogP contribution < -0.4 is 4.90 Å². The molecule has 28 heavy (non-hydrogen) atoms. The molecule has 2 aromatic heterocycles. The maximum Gasteiger partial charge on any atom is 0.260 e. The summed E-state index contributed by atoms with van der Waals surface area (Å²) in [5.74, 6) is 0.933. The van der Waals surface area contributed by atoms with Gasteiger partial charge in [0.25, 0.3) is 5.91 Å². The molecule has 0 spiro atoms. The van der Waals surface area contributed by atoms with Gasteiger partial charge in [0.2, 0.25) is 0 Å². The van der Waals surface area contributed by atoms with Crippen LogP contribution >= 0.6 is 23.1 Å². The van der Waals surface area contributed by atoms with Crippen molar-refractivity contribution < 1.29 is 4.79 Å². The molecule has 0 unspecified atom stereocenters. The quantitative estimate of drug-likeness (QED) is 0.389. The van der Waals surface area contributed by atoms with Gasteiger partial charge in [-0.25, -0.2) is 4.98 Å². The lowest BCUT2D eigenvalue weighted by Gasteiger charge is -2.19. The zero-order chi connectivity index (χ0) is 19.3. The summed E-state index contributed by atoms with van der Waals surface area (Å²) in [7, 11) is 0. The Balaban J connectivity index is 1.70. The molecule has 0 aliphatic carbocycles. The van der Waals surface area contributed by atoms with Crippen LogP contribution in [0.15, 0.2) is 77.8 Å². The van der Waals surface area contributed by atoms with E-state index in [-0.39, 0.29) is 5.91 Å². The number of pyridine rings is 1. The number of hydrogen-bond acceptors (Lipinski definition) is 5. The van der Waals surface area contributed by atoms with Gasteiger partial charge in [0, 0.05) is 16.7 Å². The number of carbonyl (C=O) groups excluding carboxylic acids is 1. The molecular formula is C22H19N3OS2. The Bertz CT molecular complexity index is 1040. The molecule has 4 nitrogen and oxygen atoms in total. The van der Waals surface area contributed by atoms with Crippen molar-refractivity contribution in [2.45, 2.75) is 18.4 Å². The smallest absolute Gasteiger partial charge is 0.260 e. The Morgan fingerprint density at radius 1 is 1.04 bits per heavy atom. The summed E-state index contributed by atoms with van der Waals surface area (Å²) in [5, 5.41) is 0.684. The molecular weight excluding hydrogens is 386 g/mol. The fraction of sp³-hybridized carbons (Fsp3) is 0.136. The van der Waals surface area contributed by atoms with Crippen LogP contribution in [-0.2, 0) is 6.54 Å². The van der Waals surface area contributed by atoms with E-state index in [1.807, 2.05) is 66.7 Å². The third-order valence-corrected chi connectivity index (χ3v) is 6.17. The molecule has 0 N–H and O–H groups in total. The molecule has 0 aliphatic heterocycles. The average molecular weight is 406 g/mol. The minimum Gasteiger partial charge on any atom is -0.278 e. The number of amides is 1. The molecule has 140 valence electrons. The van der Waals surface area contributed by atoms with Gasteiger partial charge in [-0.05, 0) is 54.3 Å². The monoisotopic (exact) mass is 405 g/mol. The predicted octanol–water partition coefficient (Wildman–Crippen LogP) is 5.65. The fourth-order valence-electron chi connectivity index (χ4n) is 2.87. The molecule has 6 heteroatoms.